The molecule has 1 N–H and O–H groups in total. The van der Waals surface area contributed by atoms with Crippen molar-refractivity contribution < 1.29 is 20.4 Å². The molecule has 26 heavy (non-hydrogen) atoms. The molecule has 0 spiro atoms. The summed E-state index contributed by atoms with van der Waals surface area (Å²) >= 11 is 1.12. The molecule has 0 unspecified atom stereocenters. The van der Waals surface area contributed by atoms with E-state index in [1.807, 2.05) is 30.3 Å². The monoisotopic (exact) mass is 377 g/mol. The molecule has 1 atom stereocenters. The summed E-state index contributed by atoms with van der Waals surface area (Å²) in [6.45, 7) is 7.18. The number of thiazole rings is 1. The summed E-state index contributed by atoms with van der Waals surface area (Å²) in [6, 6.07) is 7.72. The Bertz CT molecular complexity index is 789. The van der Waals surface area contributed by atoms with Crippen molar-refractivity contribution in [3.8, 4) is 0 Å². The van der Waals surface area contributed by atoms with E-state index < -0.39 is 23.7 Å². The molecule has 140 valence electrons. The molecule has 1 aromatic heterocycles. The Morgan fingerprint density at radius 2 is 2.00 bits per heavy atom. The second-order valence-corrected chi connectivity index (χ2v) is 7.38. The molecule has 2 rings (SSSR count). The Morgan fingerprint density at radius 3 is 2.62 bits per heavy atom. The molecule has 7 heteroatoms. The van der Waals surface area contributed by atoms with Gasteiger partial charge >= 0.3 is 12.1 Å². The number of amides is 1. The Morgan fingerprint density at radius 1 is 1.31 bits per heavy atom. The van der Waals surface area contributed by atoms with E-state index in [2.05, 4.69) is 10.3 Å². The van der Waals surface area contributed by atoms with Crippen molar-refractivity contribution in [2.24, 2.45) is 0 Å². The van der Waals surface area contributed by atoms with Crippen LogP contribution in [0.2, 0.25) is 0 Å². The average molecular weight is 377 g/mol. The van der Waals surface area contributed by atoms with E-state index in [-0.39, 0.29) is 23.7 Å². The predicted octanol–water partition coefficient (Wildman–Crippen LogP) is 4.13. The van der Waals surface area contributed by atoms with E-state index in [0.29, 0.717) is 0 Å². The highest BCUT2D eigenvalue weighted by Gasteiger charge is 2.24. The van der Waals surface area contributed by atoms with Crippen LogP contribution in [-0.4, -0.2) is 29.3 Å². The topological polar surface area (TPSA) is 77.5 Å². The molecular formula is C19H24N2O4S. The van der Waals surface area contributed by atoms with Gasteiger partial charge in [-0.2, -0.15) is 0 Å². The summed E-state index contributed by atoms with van der Waals surface area (Å²) in [7, 11) is 0. The molecule has 1 amide bonds. The number of nitrogens with zero attached hydrogens (tertiary/aromatic N) is 1. The molecule has 1 heterocycles. The Hall–Kier alpha value is -2.41. The number of hydrogen-bond acceptors (Lipinski definition) is 6. The van der Waals surface area contributed by atoms with E-state index in [4.69, 9.17) is 10.8 Å². The van der Waals surface area contributed by atoms with Gasteiger partial charge in [-0.1, -0.05) is 30.3 Å². The summed E-state index contributed by atoms with van der Waals surface area (Å²) in [5.74, 6) is -0.556. The first kappa shape index (κ1) is 18.4. The number of aromatic nitrogens is 1. The third-order valence-electron chi connectivity index (χ3n) is 3.12. The zero-order chi connectivity index (χ0) is 20.1. The van der Waals surface area contributed by atoms with Gasteiger partial charge in [-0.25, -0.2) is 14.6 Å². The minimum atomic E-state index is -1.58. The number of carbonyl (C=O) groups excluding carboxylic acids is 2. The Kier molecular flexibility index (Phi) is 6.22. The summed E-state index contributed by atoms with van der Waals surface area (Å²) < 4.78 is 19.1. The molecule has 0 radical (unpaired) electrons. The van der Waals surface area contributed by atoms with Gasteiger partial charge in [0.1, 0.15) is 10.6 Å². The molecule has 6 nitrogen and oxygen atoms in total. The lowest BCUT2D eigenvalue weighted by atomic mass is 10.1. The maximum atomic E-state index is 12.3. The van der Waals surface area contributed by atoms with Gasteiger partial charge in [0, 0.05) is 5.38 Å². The van der Waals surface area contributed by atoms with Crippen LogP contribution in [0, 0.1) is 0 Å². The van der Waals surface area contributed by atoms with E-state index >= 15 is 0 Å². The molecular weight excluding hydrogens is 352 g/mol. The quantitative estimate of drug-likeness (QED) is 0.766. The van der Waals surface area contributed by atoms with Crippen molar-refractivity contribution in [1.29, 1.82) is 0 Å². The predicted molar refractivity (Wildman–Crippen MR) is 100 cm³/mol. The van der Waals surface area contributed by atoms with Gasteiger partial charge in [-0.3, -0.25) is 0 Å². The van der Waals surface area contributed by atoms with Crippen molar-refractivity contribution >= 4 is 23.4 Å². The highest BCUT2D eigenvalue weighted by Crippen LogP contribution is 2.23. The van der Waals surface area contributed by atoms with Gasteiger partial charge in [-0.15, -0.1) is 11.3 Å². The fourth-order valence-electron chi connectivity index (χ4n) is 2.11. The number of rotatable bonds is 6. The summed E-state index contributed by atoms with van der Waals surface area (Å²) in [5.41, 5.74) is 0.264. The minimum Gasteiger partial charge on any atom is -0.461 e. The first-order valence-electron chi connectivity index (χ1n) is 8.81. The fourth-order valence-corrected chi connectivity index (χ4v) is 2.90. The third-order valence-corrected chi connectivity index (χ3v) is 4.02. The van der Waals surface area contributed by atoms with E-state index in [1.54, 1.807) is 27.7 Å². The molecule has 0 aliphatic heterocycles. The summed E-state index contributed by atoms with van der Waals surface area (Å²) in [6.07, 6.45) is -0.551. The highest BCUT2D eigenvalue weighted by atomic mass is 32.1. The minimum absolute atomic E-state index is 0.118. The second kappa shape index (κ2) is 8.80. The van der Waals surface area contributed by atoms with Gasteiger partial charge in [0.2, 0.25) is 0 Å². The molecule has 0 bridgehead atoms. The lowest BCUT2D eigenvalue weighted by Gasteiger charge is -2.23. The summed E-state index contributed by atoms with van der Waals surface area (Å²) in [5, 5.41) is 4.40. The van der Waals surface area contributed by atoms with E-state index in [0.717, 1.165) is 16.9 Å². The van der Waals surface area contributed by atoms with Crippen LogP contribution in [0.15, 0.2) is 35.7 Å². The van der Waals surface area contributed by atoms with Crippen LogP contribution in [0.4, 0.5) is 4.79 Å². The SMILES string of the molecule is [2H][C@@](Cc1ccccc1)(NC(=O)OC(C)(C)C)c1nc(C(=O)OCC)cs1. The van der Waals surface area contributed by atoms with Crippen LogP contribution in [0.3, 0.4) is 0 Å². The standard InChI is InChI=1S/C19H24N2O4S/c1-5-24-17(22)15-12-26-16(20-15)14(11-13-9-7-6-8-10-13)21-18(23)25-19(2,3)4/h6-10,12,14H,5,11H2,1-4H3,(H,21,23)/t14-/m0/s1/i14D. The second-order valence-electron chi connectivity index (χ2n) is 6.53. The number of nitrogens with one attached hydrogen (secondary N) is 1. The number of carbonyl (C=O) groups is 2. The van der Waals surface area contributed by atoms with Gasteiger partial charge in [0.05, 0.1) is 14.0 Å². The normalized spacial score (nSPS) is 14.1. The molecule has 0 aliphatic rings. The van der Waals surface area contributed by atoms with Gasteiger partial charge < -0.3 is 14.8 Å². The molecule has 0 fully saturated rings. The molecule has 2 aromatic rings. The van der Waals surface area contributed by atoms with E-state index in [1.165, 1.54) is 5.38 Å². The van der Waals surface area contributed by atoms with Crippen molar-refractivity contribution in [2.75, 3.05) is 6.61 Å². The maximum absolute atomic E-state index is 12.3. The van der Waals surface area contributed by atoms with Crippen molar-refractivity contribution in [3.63, 3.8) is 0 Å². The van der Waals surface area contributed by atoms with Gasteiger partial charge in [0.25, 0.3) is 0 Å². The van der Waals surface area contributed by atoms with Gasteiger partial charge in [0.15, 0.2) is 5.69 Å². The maximum Gasteiger partial charge on any atom is 0.408 e. The zero-order valence-electron chi connectivity index (χ0n) is 16.4. The number of ether oxygens (including phenoxy) is 2. The van der Waals surface area contributed by atoms with Crippen LogP contribution in [-0.2, 0) is 15.9 Å². The smallest absolute Gasteiger partial charge is 0.408 e. The van der Waals surface area contributed by atoms with Crippen molar-refractivity contribution in [1.82, 2.24) is 10.3 Å². The molecule has 0 saturated heterocycles. The molecule has 0 saturated carbocycles. The van der Waals surface area contributed by atoms with E-state index in [9.17, 15) is 9.59 Å². The molecule has 1 aromatic carbocycles. The summed E-state index contributed by atoms with van der Waals surface area (Å²) in [4.78, 5) is 28.4. The van der Waals surface area contributed by atoms with Crippen LogP contribution in [0.5, 0.6) is 0 Å². The lowest BCUT2D eigenvalue weighted by molar-refractivity contribution is 0.0502. The fraction of sp³-hybridized carbons (Fsp3) is 0.421. The van der Waals surface area contributed by atoms with Crippen LogP contribution in [0.1, 0.15) is 56.1 Å². The lowest BCUT2D eigenvalue weighted by Crippen LogP contribution is -2.35. The Balaban J connectivity index is 2.31. The first-order valence-corrected chi connectivity index (χ1v) is 9.19. The third kappa shape index (κ3) is 6.15. The number of hydrogen-bond donors (Lipinski definition) is 1. The van der Waals surface area contributed by atoms with Crippen molar-refractivity contribution in [3.05, 3.63) is 52.0 Å². The molecule has 0 aliphatic carbocycles. The number of benzene rings is 1. The van der Waals surface area contributed by atoms with Crippen LogP contribution >= 0.6 is 11.3 Å². The number of esters is 1. The first-order chi connectivity index (χ1) is 12.6. The van der Waals surface area contributed by atoms with Crippen molar-refractivity contribution in [2.45, 2.75) is 45.7 Å². The van der Waals surface area contributed by atoms with Gasteiger partial charge in [-0.05, 0) is 39.7 Å². The Labute approximate surface area is 159 Å². The zero-order valence-corrected chi connectivity index (χ0v) is 16.2. The van der Waals surface area contributed by atoms with Crippen LogP contribution in [0.25, 0.3) is 0 Å². The largest absolute Gasteiger partial charge is 0.461 e. The average Bonchev–Trinajstić information content (AvgIpc) is 3.05. The van der Waals surface area contributed by atoms with Crippen LogP contribution < -0.4 is 5.32 Å². The number of alkyl carbamates (subject to hydrolysis) is 1. The highest BCUT2D eigenvalue weighted by molar-refractivity contribution is 7.09.